The fourth-order valence-electron chi connectivity index (χ4n) is 0.349. The molecule has 1 unspecified atom stereocenters. The van der Waals surface area contributed by atoms with Crippen LogP contribution in [0.5, 0.6) is 0 Å². The van der Waals surface area contributed by atoms with Crippen LogP contribution in [0.15, 0.2) is 12.2 Å². The average molecular weight is 193 g/mol. The monoisotopic (exact) mass is 192 g/mol. The van der Waals surface area contributed by atoms with Crippen molar-refractivity contribution in [2.75, 3.05) is 0 Å². The minimum atomic E-state index is -0.282. The van der Waals surface area contributed by atoms with Gasteiger partial charge in [-0.25, -0.2) is 0 Å². The van der Waals surface area contributed by atoms with Gasteiger partial charge in [0.1, 0.15) is 0 Å². The maximum Gasteiger partial charge on any atom is 0.304 e. The number of rotatable bonds is 2. The summed E-state index contributed by atoms with van der Waals surface area (Å²) in [6.45, 7) is 3.23. The number of halogens is 1. The van der Waals surface area contributed by atoms with E-state index in [-0.39, 0.29) is 11.0 Å². The molecule has 0 aliphatic carbocycles. The molecule has 0 bridgehead atoms. The number of ether oxygens (including phenoxy) is 1. The summed E-state index contributed by atoms with van der Waals surface area (Å²) < 4.78 is 4.68. The Labute approximate surface area is 63.0 Å². The second-order valence-corrected chi connectivity index (χ2v) is 2.39. The summed E-state index contributed by atoms with van der Waals surface area (Å²) in [7, 11) is 0. The van der Waals surface area contributed by atoms with Gasteiger partial charge in [0, 0.05) is 6.92 Å². The zero-order valence-electron chi connectivity index (χ0n) is 5.43. The minimum Gasteiger partial charge on any atom is -0.447 e. The standard InChI is InChI=1S/C6H9BrO2/c1-3-4-6(7)9-5(2)8/h3-4,6H,1-2H3. The summed E-state index contributed by atoms with van der Waals surface area (Å²) in [5.41, 5.74) is 0. The van der Waals surface area contributed by atoms with Gasteiger partial charge in [-0.2, -0.15) is 0 Å². The highest BCUT2D eigenvalue weighted by molar-refractivity contribution is 9.09. The molecule has 9 heavy (non-hydrogen) atoms. The SMILES string of the molecule is CC=CC(Br)OC(C)=O. The number of carbonyl (C=O) groups is 1. The molecule has 52 valence electrons. The summed E-state index contributed by atoms with van der Waals surface area (Å²) in [6, 6.07) is 0. The lowest BCUT2D eigenvalue weighted by Crippen LogP contribution is -2.05. The van der Waals surface area contributed by atoms with E-state index in [1.807, 2.05) is 13.0 Å². The van der Waals surface area contributed by atoms with Crippen molar-refractivity contribution in [1.29, 1.82) is 0 Å². The molecule has 3 heteroatoms. The Balaban J connectivity index is 3.50. The number of hydrogen-bond acceptors (Lipinski definition) is 2. The molecule has 0 heterocycles. The zero-order chi connectivity index (χ0) is 7.28. The highest BCUT2D eigenvalue weighted by Crippen LogP contribution is 2.02. The molecule has 0 N–H and O–H groups in total. The predicted octanol–water partition coefficient (Wildman–Crippen LogP) is 1.85. The van der Waals surface area contributed by atoms with Gasteiger partial charge in [0.25, 0.3) is 0 Å². The summed E-state index contributed by atoms with van der Waals surface area (Å²) >= 11 is 3.11. The van der Waals surface area contributed by atoms with Crippen LogP contribution in [0.1, 0.15) is 13.8 Å². The molecule has 0 aromatic heterocycles. The van der Waals surface area contributed by atoms with Crippen molar-refractivity contribution >= 4 is 21.9 Å². The molecule has 0 rings (SSSR count). The zero-order valence-corrected chi connectivity index (χ0v) is 7.01. The highest BCUT2D eigenvalue weighted by atomic mass is 79.9. The van der Waals surface area contributed by atoms with Gasteiger partial charge in [0.2, 0.25) is 0 Å². The van der Waals surface area contributed by atoms with Gasteiger partial charge in [-0.15, -0.1) is 0 Å². The molecule has 0 aromatic carbocycles. The maximum absolute atomic E-state index is 10.2. The predicted molar refractivity (Wildman–Crippen MR) is 39.3 cm³/mol. The third kappa shape index (κ3) is 5.56. The van der Waals surface area contributed by atoms with Gasteiger partial charge in [-0.1, -0.05) is 6.08 Å². The Hall–Kier alpha value is -0.310. The van der Waals surface area contributed by atoms with E-state index in [0.717, 1.165) is 0 Å². The van der Waals surface area contributed by atoms with Crippen LogP contribution in [0.4, 0.5) is 0 Å². The lowest BCUT2D eigenvalue weighted by atomic mass is 10.5. The van der Waals surface area contributed by atoms with E-state index in [0.29, 0.717) is 0 Å². The van der Waals surface area contributed by atoms with Crippen molar-refractivity contribution in [3.05, 3.63) is 12.2 Å². The lowest BCUT2D eigenvalue weighted by molar-refractivity contribution is -0.140. The fraction of sp³-hybridized carbons (Fsp3) is 0.500. The van der Waals surface area contributed by atoms with Gasteiger partial charge in [-0.3, -0.25) is 4.79 Å². The minimum absolute atomic E-state index is 0.278. The van der Waals surface area contributed by atoms with E-state index in [1.54, 1.807) is 6.08 Å². The van der Waals surface area contributed by atoms with E-state index in [9.17, 15) is 4.79 Å². The van der Waals surface area contributed by atoms with E-state index >= 15 is 0 Å². The largest absolute Gasteiger partial charge is 0.447 e. The van der Waals surface area contributed by atoms with Crippen LogP contribution < -0.4 is 0 Å². The third-order valence-electron chi connectivity index (χ3n) is 0.622. The number of hydrogen-bond donors (Lipinski definition) is 0. The normalized spacial score (nSPS) is 13.7. The maximum atomic E-state index is 10.2. The second-order valence-electron chi connectivity index (χ2n) is 1.49. The molecule has 0 fully saturated rings. The van der Waals surface area contributed by atoms with Crippen molar-refractivity contribution in [3.8, 4) is 0 Å². The number of alkyl halides is 1. The Morgan fingerprint density at radius 2 is 2.33 bits per heavy atom. The molecular weight excluding hydrogens is 184 g/mol. The summed E-state index contributed by atoms with van der Waals surface area (Å²) in [6.07, 6.45) is 3.55. The van der Waals surface area contributed by atoms with Crippen molar-refractivity contribution < 1.29 is 9.53 Å². The number of esters is 1. The van der Waals surface area contributed by atoms with Crippen molar-refractivity contribution in [2.45, 2.75) is 18.9 Å². The Bertz CT molecular complexity index is 120. The molecule has 0 saturated heterocycles. The van der Waals surface area contributed by atoms with Crippen LogP contribution in [0.2, 0.25) is 0 Å². The number of carbonyl (C=O) groups excluding carboxylic acids is 1. The third-order valence-corrected chi connectivity index (χ3v) is 1.11. The molecular formula is C6H9BrO2. The fourth-order valence-corrected chi connectivity index (χ4v) is 0.918. The lowest BCUT2D eigenvalue weighted by Gasteiger charge is -2.02. The second kappa shape index (κ2) is 4.56. The van der Waals surface area contributed by atoms with E-state index in [1.165, 1.54) is 6.92 Å². The Morgan fingerprint density at radius 3 is 2.67 bits per heavy atom. The van der Waals surface area contributed by atoms with Crippen molar-refractivity contribution in [3.63, 3.8) is 0 Å². The van der Waals surface area contributed by atoms with Crippen molar-refractivity contribution in [1.82, 2.24) is 0 Å². The van der Waals surface area contributed by atoms with Crippen LogP contribution in [0.3, 0.4) is 0 Å². The van der Waals surface area contributed by atoms with Crippen LogP contribution in [0, 0.1) is 0 Å². The van der Waals surface area contributed by atoms with Gasteiger partial charge < -0.3 is 4.74 Å². The van der Waals surface area contributed by atoms with Crippen LogP contribution >= 0.6 is 15.9 Å². The quantitative estimate of drug-likeness (QED) is 0.380. The molecule has 0 aliphatic rings. The molecule has 0 saturated carbocycles. The topological polar surface area (TPSA) is 26.3 Å². The first-order chi connectivity index (χ1) is 4.16. The van der Waals surface area contributed by atoms with Gasteiger partial charge in [0.05, 0.1) is 0 Å². The Kier molecular flexibility index (Phi) is 4.40. The summed E-state index contributed by atoms with van der Waals surface area (Å²) in [5.74, 6) is -0.282. The molecule has 0 amide bonds. The first-order valence-electron chi connectivity index (χ1n) is 2.61. The van der Waals surface area contributed by atoms with Gasteiger partial charge >= 0.3 is 5.97 Å². The molecule has 0 aliphatic heterocycles. The molecule has 2 nitrogen and oxygen atoms in total. The Morgan fingerprint density at radius 1 is 1.78 bits per heavy atom. The van der Waals surface area contributed by atoms with Gasteiger partial charge in [-0.05, 0) is 28.9 Å². The van der Waals surface area contributed by atoms with Crippen LogP contribution in [0.25, 0.3) is 0 Å². The average Bonchev–Trinajstić information content (AvgIpc) is 1.63. The van der Waals surface area contributed by atoms with E-state index < -0.39 is 0 Å². The number of allylic oxidation sites excluding steroid dienone is 1. The highest BCUT2D eigenvalue weighted by Gasteiger charge is 1.99. The van der Waals surface area contributed by atoms with E-state index in [2.05, 4.69) is 20.7 Å². The summed E-state index contributed by atoms with van der Waals surface area (Å²) in [4.78, 5) is 10.2. The molecule has 1 atom stereocenters. The first kappa shape index (κ1) is 8.69. The van der Waals surface area contributed by atoms with E-state index in [4.69, 9.17) is 0 Å². The van der Waals surface area contributed by atoms with Crippen molar-refractivity contribution in [2.24, 2.45) is 0 Å². The van der Waals surface area contributed by atoms with Gasteiger partial charge in [0.15, 0.2) is 5.01 Å². The summed E-state index contributed by atoms with van der Waals surface area (Å²) in [5, 5.41) is -0.278. The smallest absolute Gasteiger partial charge is 0.304 e. The van der Waals surface area contributed by atoms with Crippen LogP contribution in [-0.4, -0.2) is 11.0 Å². The first-order valence-corrected chi connectivity index (χ1v) is 3.52. The molecule has 0 spiro atoms. The molecule has 0 radical (unpaired) electrons. The van der Waals surface area contributed by atoms with Crippen LogP contribution in [-0.2, 0) is 9.53 Å². The molecule has 0 aromatic rings.